The monoisotopic (exact) mass is 674 g/mol. The van der Waals surface area contributed by atoms with Crippen LogP contribution in [-0.4, -0.2) is 19.5 Å². The van der Waals surface area contributed by atoms with E-state index in [0.29, 0.717) is 17.5 Å². The Morgan fingerprint density at radius 3 is 1.66 bits per heavy atom. The van der Waals surface area contributed by atoms with Gasteiger partial charge in [-0.05, 0) is 79.5 Å². The van der Waals surface area contributed by atoms with Gasteiger partial charge in [0.1, 0.15) is 0 Å². The molecule has 0 saturated carbocycles. The van der Waals surface area contributed by atoms with E-state index >= 15 is 0 Å². The Labute approximate surface area is 305 Å². The summed E-state index contributed by atoms with van der Waals surface area (Å²) in [5.74, 6) is 1.91. The number of para-hydroxylation sites is 1. The zero-order valence-electron chi connectivity index (χ0n) is 28.6. The van der Waals surface area contributed by atoms with Gasteiger partial charge >= 0.3 is 0 Å². The molecule has 4 nitrogen and oxygen atoms in total. The summed E-state index contributed by atoms with van der Waals surface area (Å²) in [4.78, 5) is 15.4. The van der Waals surface area contributed by atoms with Crippen molar-refractivity contribution in [3.05, 3.63) is 182 Å². The van der Waals surface area contributed by atoms with E-state index in [4.69, 9.17) is 15.0 Å². The molecule has 0 aliphatic rings. The number of benzene rings is 9. The molecule has 0 saturated heterocycles. The molecule has 0 bridgehead atoms. The SMILES string of the molecule is c1ccc(-c2nc(-c3cccc(-n4c5ccccc5c5cc6ccccc6cc54)c3)nc(-c3ccc4ccc5ccc6ccccc6c5c4c3)n2)cc1. The molecule has 4 heteroatoms. The number of rotatable bonds is 4. The fourth-order valence-corrected chi connectivity index (χ4v) is 8.03. The van der Waals surface area contributed by atoms with Crippen LogP contribution in [0.4, 0.5) is 0 Å². The smallest absolute Gasteiger partial charge is 0.164 e. The van der Waals surface area contributed by atoms with Gasteiger partial charge in [-0.2, -0.15) is 0 Å². The molecule has 0 radical (unpaired) electrons. The van der Waals surface area contributed by atoms with Crippen LogP contribution >= 0.6 is 0 Å². The number of nitrogens with zero attached hydrogens (tertiary/aromatic N) is 4. The lowest BCUT2D eigenvalue weighted by Gasteiger charge is -2.13. The summed E-state index contributed by atoms with van der Waals surface area (Å²) in [5, 5.41) is 12.2. The van der Waals surface area contributed by atoms with Gasteiger partial charge in [-0.15, -0.1) is 0 Å². The summed E-state index contributed by atoms with van der Waals surface area (Å²) in [6.07, 6.45) is 0. The lowest BCUT2D eigenvalue weighted by atomic mass is 9.95. The van der Waals surface area contributed by atoms with Crippen LogP contribution in [0, 0.1) is 0 Å². The molecule has 0 atom stereocenters. The summed E-state index contributed by atoms with van der Waals surface area (Å²) in [6.45, 7) is 0. The molecule has 11 rings (SSSR count). The van der Waals surface area contributed by atoms with E-state index in [0.717, 1.165) is 27.9 Å². The minimum Gasteiger partial charge on any atom is -0.309 e. The molecule has 0 amide bonds. The van der Waals surface area contributed by atoms with Crippen molar-refractivity contribution in [2.75, 3.05) is 0 Å². The van der Waals surface area contributed by atoms with Crippen molar-refractivity contribution in [1.29, 1.82) is 0 Å². The van der Waals surface area contributed by atoms with Gasteiger partial charge in [-0.25, -0.2) is 15.0 Å². The van der Waals surface area contributed by atoms with E-state index in [1.807, 2.05) is 18.2 Å². The van der Waals surface area contributed by atoms with Crippen molar-refractivity contribution >= 4 is 64.9 Å². The molecular formula is C49H30N4. The van der Waals surface area contributed by atoms with Gasteiger partial charge in [0, 0.05) is 33.2 Å². The lowest BCUT2D eigenvalue weighted by Crippen LogP contribution is -2.01. The van der Waals surface area contributed by atoms with Crippen molar-refractivity contribution in [3.63, 3.8) is 0 Å². The third-order valence-electron chi connectivity index (χ3n) is 10.6. The van der Waals surface area contributed by atoms with Crippen molar-refractivity contribution in [2.24, 2.45) is 0 Å². The molecule has 0 aliphatic carbocycles. The van der Waals surface area contributed by atoms with Gasteiger partial charge < -0.3 is 4.57 Å². The average molecular weight is 675 g/mol. The van der Waals surface area contributed by atoms with Crippen LogP contribution in [0.15, 0.2) is 182 Å². The first kappa shape index (κ1) is 29.5. The number of aromatic nitrogens is 4. The Bertz CT molecular complexity index is 3230. The van der Waals surface area contributed by atoms with Crippen molar-refractivity contribution in [2.45, 2.75) is 0 Å². The fraction of sp³-hybridized carbons (Fsp3) is 0. The summed E-state index contributed by atoms with van der Waals surface area (Å²) in [7, 11) is 0. The topological polar surface area (TPSA) is 43.6 Å². The number of fused-ring (bicyclic) bond motifs is 9. The Morgan fingerprint density at radius 1 is 0.302 bits per heavy atom. The first-order valence-electron chi connectivity index (χ1n) is 17.9. The van der Waals surface area contributed by atoms with E-state index in [2.05, 4.69) is 168 Å². The van der Waals surface area contributed by atoms with E-state index in [1.54, 1.807) is 0 Å². The first-order chi connectivity index (χ1) is 26.2. The van der Waals surface area contributed by atoms with Crippen LogP contribution in [0.2, 0.25) is 0 Å². The molecule has 0 spiro atoms. The second-order valence-electron chi connectivity index (χ2n) is 13.7. The summed E-state index contributed by atoms with van der Waals surface area (Å²) in [5.41, 5.74) is 6.19. The van der Waals surface area contributed by atoms with Crippen LogP contribution in [0.25, 0.3) is 105 Å². The molecule has 0 fully saturated rings. The minimum atomic E-state index is 0.630. The zero-order chi connectivity index (χ0) is 34.9. The third-order valence-corrected chi connectivity index (χ3v) is 10.6. The zero-order valence-corrected chi connectivity index (χ0v) is 28.6. The predicted octanol–water partition coefficient (Wildman–Crippen LogP) is 12.6. The number of hydrogen-bond donors (Lipinski definition) is 0. The van der Waals surface area contributed by atoms with Gasteiger partial charge in [-0.1, -0.05) is 146 Å². The highest BCUT2D eigenvalue weighted by molar-refractivity contribution is 6.20. The Kier molecular flexibility index (Phi) is 6.52. The summed E-state index contributed by atoms with van der Waals surface area (Å²) < 4.78 is 2.36. The highest BCUT2D eigenvalue weighted by Gasteiger charge is 2.17. The molecule has 0 aliphatic heterocycles. The number of hydrogen-bond acceptors (Lipinski definition) is 3. The van der Waals surface area contributed by atoms with Gasteiger partial charge in [0.15, 0.2) is 17.5 Å². The van der Waals surface area contributed by atoms with Crippen LogP contribution in [0.5, 0.6) is 0 Å². The maximum atomic E-state index is 5.21. The Hall–Kier alpha value is -7.17. The van der Waals surface area contributed by atoms with Gasteiger partial charge in [0.05, 0.1) is 11.0 Å². The highest BCUT2D eigenvalue weighted by Crippen LogP contribution is 2.37. The van der Waals surface area contributed by atoms with Crippen molar-refractivity contribution < 1.29 is 0 Å². The summed E-state index contributed by atoms with van der Waals surface area (Å²) in [6, 6.07) is 64.6. The van der Waals surface area contributed by atoms with Crippen molar-refractivity contribution in [3.8, 4) is 39.9 Å². The van der Waals surface area contributed by atoms with Crippen LogP contribution in [0.3, 0.4) is 0 Å². The molecule has 0 N–H and O–H groups in total. The maximum absolute atomic E-state index is 5.21. The molecule has 2 aromatic heterocycles. The maximum Gasteiger partial charge on any atom is 0.164 e. The average Bonchev–Trinajstić information content (AvgIpc) is 3.55. The van der Waals surface area contributed by atoms with Crippen LogP contribution in [0.1, 0.15) is 0 Å². The van der Waals surface area contributed by atoms with Crippen LogP contribution in [-0.2, 0) is 0 Å². The van der Waals surface area contributed by atoms with E-state index in [-0.39, 0.29) is 0 Å². The molecule has 0 unspecified atom stereocenters. The first-order valence-corrected chi connectivity index (χ1v) is 17.9. The molecular weight excluding hydrogens is 645 g/mol. The highest BCUT2D eigenvalue weighted by atomic mass is 15.0. The van der Waals surface area contributed by atoms with Crippen LogP contribution < -0.4 is 0 Å². The van der Waals surface area contributed by atoms with Gasteiger partial charge in [0.25, 0.3) is 0 Å². The van der Waals surface area contributed by atoms with E-state index in [1.165, 1.54) is 59.4 Å². The van der Waals surface area contributed by atoms with E-state index < -0.39 is 0 Å². The lowest BCUT2D eigenvalue weighted by molar-refractivity contribution is 1.07. The Morgan fingerprint density at radius 2 is 0.868 bits per heavy atom. The standard InChI is InChI=1S/C49H30N4/c1-2-12-34(13-3-1)47-50-48(52-49(51-47)38-26-23-32-22-25-33-24-21-31-11-6-7-18-40(31)46(33)42(32)29-38)37-16-10-17-39(27-37)53-44-20-9-8-19-41(44)43-28-35-14-4-5-15-36(35)30-45(43)53/h1-30H. The quantitative estimate of drug-likeness (QED) is 0.175. The molecule has 2 heterocycles. The molecule has 246 valence electrons. The second-order valence-corrected chi connectivity index (χ2v) is 13.7. The molecule has 9 aromatic carbocycles. The van der Waals surface area contributed by atoms with Gasteiger partial charge in [-0.3, -0.25) is 0 Å². The van der Waals surface area contributed by atoms with Gasteiger partial charge in [0.2, 0.25) is 0 Å². The Balaban J connectivity index is 1.12. The van der Waals surface area contributed by atoms with Crippen molar-refractivity contribution in [1.82, 2.24) is 19.5 Å². The fourth-order valence-electron chi connectivity index (χ4n) is 8.03. The molecule has 53 heavy (non-hydrogen) atoms. The molecule has 11 aromatic rings. The normalized spacial score (nSPS) is 11.8. The minimum absolute atomic E-state index is 0.630. The summed E-state index contributed by atoms with van der Waals surface area (Å²) >= 11 is 0. The van der Waals surface area contributed by atoms with E-state index in [9.17, 15) is 0 Å². The predicted molar refractivity (Wildman–Crippen MR) is 220 cm³/mol. The largest absolute Gasteiger partial charge is 0.309 e. The third kappa shape index (κ3) is 4.80. The second kappa shape index (κ2) is 11.7.